The number of aryl methyl sites for hydroxylation is 1. The molecule has 1 unspecified atom stereocenters. The molecule has 18 heavy (non-hydrogen) atoms. The molecular formula is C13H21N3O2. The van der Waals surface area contributed by atoms with Crippen LogP contribution in [-0.4, -0.2) is 29.8 Å². The van der Waals surface area contributed by atoms with Crippen molar-refractivity contribution in [3.8, 4) is 0 Å². The highest BCUT2D eigenvalue weighted by atomic mass is 16.5. The van der Waals surface area contributed by atoms with Crippen LogP contribution in [0.2, 0.25) is 0 Å². The zero-order valence-electron chi connectivity index (χ0n) is 10.7. The predicted octanol–water partition coefficient (Wildman–Crippen LogP) is 1.85. The van der Waals surface area contributed by atoms with Gasteiger partial charge in [-0.1, -0.05) is 30.8 Å². The average molecular weight is 251 g/mol. The number of hydrogen-bond acceptors (Lipinski definition) is 5. The van der Waals surface area contributed by atoms with Crippen molar-refractivity contribution in [3.63, 3.8) is 0 Å². The van der Waals surface area contributed by atoms with Crippen LogP contribution in [-0.2, 0) is 11.2 Å². The van der Waals surface area contributed by atoms with Crippen LogP contribution in [0.5, 0.6) is 0 Å². The van der Waals surface area contributed by atoms with E-state index >= 15 is 0 Å². The van der Waals surface area contributed by atoms with Crippen LogP contribution in [0.25, 0.3) is 0 Å². The minimum Gasteiger partial charge on any atom is -0.367 e. The third-order valence-electron chi connectivity index (χ3n) is 3.94. The fourth-order valence-corrected chi connectivity index (χ4v) is 2.86. The van der Waals surface area contributed by atoms with Crippen molar-refractivity contribution in [2.45, 2.75) is 44.6 Å². The van der Waals surface area contributed by atoms with Crippen LogP contribution in [0.3, 0.4) is 0 Å². The van der Waals surface area contributed by atoms with Gasteiger partial charge in [0.15, 0.2) is 0 Å². The Hall–Kier alpha value is -0.940. The van der Waals surface area contributed by atoms with E-state index in [1.807, 2.05) is 0 Å². The Balaban J connectivity index is 1.52. The second kappa shape index (κ2) is 5.80. The Morgan fingerprint density at radius 3 is 2.94 bits per heavy atom. The molecule has 1 aromatic rings. The van der Waals surface area contributed by atoms with Gasteiger partial charge in [0.25, 0.3) is 0 Å². The maximum Gasteiger partial charge on any atom is 0.226 e. The number of nitrogens with one attached hydrogen (secondary N) is 1. The second-order valence-electron chi connectivity index (χ2n) is 5.30. The SMILES string of the molecule is C1CCC(CCc2nc(C3CNCCO3)no2)C1. The minimum absolute atomic E-state index is 0.0391. The van der Waals surface area contributed by atoms with Gasteiger partial charge in [0.2, 0.25) is 11.7 Å². The van der Waals surface area contributed by atoms with Gasteiger partial charge in [-0.2, -0.15) is 4.98 Å². The average Bonchev–Trinajstić information content (AvgIpc) is 3.09. The van der Waals surface area contributed by atoms with Crippen molar-refractivity contribution in [3.05, 3.63) is 11.7 Å². The summed E-state index contributed by atoms with van der Waals surface area (Å²) in [5, 5.41) is 7.31. The molecule has 1 atom stereocenters. The third kappa shape index (κ3) is 2.90. The molecule has 1 saturated heterocycles. The summed E-state index contributed by atoms with van der Waals surface area (Å²) in [6, 6.07) is 0. The van der Waals surface area contributed by atoms with Gasteiger partial charge >= 0.3 is 0 Å². The van der Waals surface area contributed by atoms with E-state index in [-0.39, 0.29) is 6.10 Å². The second-order valence-corrected chi connectivity index (χ2v) is 5.30. The highest BCUT2D eigenvalue weighted by Gasteiger charge is 2.22. The summed E-state index contributed by atoms with van der Waals surface area (Å²) in [6.45, 7) is 2.40. The summed E-state index contributed by atoms with van der Waals surface area (Å²) < 4.78 is 10.9. The van der Waals surface area contributed by atoms with E-state index < -0.39 is 0 Å². The van der Waals surface area contributed by atoms with Crippen LogP contribution in [0.4, 0.5) is 0 Å². The normalized spacial score (nSPS) is 25.7. The Morgan fingerprint density at radius 2 is 2.17 bits per heavy atom. The zero-order chi connectivity index (χ0) is 12.2. The summed E-state index contributed by atoms with van der Waals surface area (Å²) in [4.78, 5) is 4.45. The van der Waals surface area contributed by atoms with Crippen molar-refractivity contribution in [2.75, 3.05) is 19.7 Å². The van der Waals surface area contributed by atoms with Gasteiger partial charge in [-0.25, -0.2) is 0 Å². The first-order valence-electron chi connectivity index (χ1n) is 7.06. The number of morpholine rings is 1. The molecule has 3 rings (SSSR count). The Labute approximate surface area is 107 Å². The fourth-order valence-electron chi connectivity index (χ4n) is 2.86. The number of rotatable bonds is 4. The summed E-state index contributed by atoms with van der Waals surface area (Å²) in [6.07, 6.45) is 7.59. The van der Waals surface area contributed by atoms with Crippen molar-refractivity contribution >= 4 is 0 Å². The van der Waals surface area contributed by atoms with Gasteiger partial charge in [0, 0.05) is 19.5 Å². The van der Waals surface area contributed by atoms with Crippen molar-refractivity contribution < 1.29 is 9.26 Å². The lowest BCUT2D eigenvalue weighted by molar-refractivity contribution is 0.0208. The largest absolute Gasteiger partial charge is 0.367 e. The van der Waals surface area contributed by atoms with E-state index in [4.69, 9.17) is 9.26 Å². The quantitative estimate of drug-likeness (QED) is 0.885. The molecule has 0 bridgehead atoms. The van der Waals surface area contributed by atoms with E-state index in [2.05, 4.69) is 15.5 Å². The van der Waals surface area contributed by atoms with Crippen LogP contribution in [0.15, 0.2) is 4.52 Å². The maximum absolute atomic E-state index is 5.61. The standard InChI is InChI=1S/C13H21N3O2/c1-2-4-10(3-1)5-6-12-15-13(16-18-12)11-9-14-7-8-17-11/h10-11,14H,1-9H2. The van der Waals surface area contributed by atoms with Crippen LogP contribution in [0.1, 0.15) is 49.9 Å². The molecule has 0 spiro atoms. The first kappa shape index (κ1) is 12.1. The van der Waals surface area contributed by atoms with Gasteiger partial charge in [-0.05, 0) is 12.3 Å². The molecule has 1 saturated carbocycles. The summed E-state index contributed by atoms with van der Waals surface area (Å²) in [5.41, 5.74) is 0. The Kier molecular flexibility index (Phi) is 3.90. The Morgan fingerprint density at radius 1 is 1.28 bits per heavy atom. The number of aromatic nitrogens is 2. The van der Waals surface area contributed by atoms with Gasteiger partial charge in [0.05, 0.1) is 6.61 Å². The van der Waals surface area contributed by atoms with Gasteiger partial charge in [-0.3, -0.25) is 0 Å². The molecule has 2 fully saturated rings. The van der Waals surface area contributed by atoms with Crippen molar-refractivity contribution in [2.24, 2.45) is 5.92 Å². The summed E-state index contributed by atoms with van der Waals surface area (Å²) in [7, 11) is 0. The number of ether oxygens (including phenoxy) is 1. The first-order chi connectivity index (χ1) is 8.92. The summed E-state index contributed by atoms with van der Waals surface area (Å²) >= 11 is 0. The van der Waals surface area contributed by atoms with Gasteiger partial charge < -0.3 is 14.6 Å². The smallest absolute Gasteiger partial charge is 0.226 e. The van der Waals surface area contributed by atoms with E-state index in [9.17, 15) is 0 Å². The Bertz CT molecular complexity index is 368. The topological polar surface area (TPSA) is 60.2 Å². The van der Waals surface area contributed by atoms with Crippen molar-refractivity contribution in [1.82, 2.24) is 15.5 Å². The highest BCUT2D eigenvalue weighted by Crippen LogP contribution is 2.28. The molecular weight excluding hydrogens is 230 g/mol. The molecule has 0 radical (unpaired) electrons. The molecule has 0 amide bonds. The van der Waals surface area contributed by atoms with E-state index in [0.29, 0.717) is 5.82 Å². The third-order valence-corrected chi connectivity index (χ3v) is 3.94. The van der Waals surface area contributed by atoms with E-state index in [1.54, 1.807) is 0 Å². The fraction of sp³-hybridized carbons (Fsp3) is 0.846. The molecule has 0 aromatic carbocycles. The molecule has 5 heteroatoms. The first-order valence-corrected chi connectivity index (χ1v) is 7.06. The van der Waals surface area contributed by atoms with Crippen LogP contribution >= 0.6 is 0 Å². The monoisotopic (exact) mass is 251 g/mol. The number of nitrogens with zero attached hydrogens (tertiary/aromatic N) is 2. The predicted molar refractivity (Wildman–Crippen MR) is 66.1 cm³/mol. The van der Waals surface area contributed by atoms with Crippen LogP contribution in [0, 0.1) is 5.92 Å². The zero-order valence-corrected chi connectivity index (χ0v) is 10.7. The van der Waals surface area contributed by atoms with Gasteiger partial charge in [-0.15, -0.1) is 0 Å². The van der Waals surface area contributed by atoms with Crippen molar-refractivity contribution in [1.29, 1.82) is 0 Å². The van der Waals surface area contributed by atoms with E-state index in [1.165, 1.54) is 32.1 Å². The van der Waals surface area contributed by atoms with Crippen LogP contribution < -0.4 is 5.32 Å². The molecule has 1 N–H and O–H groups in total. The molecule has 100 valence electrons. The minimum atomic E-state index is -0.0391. The molecule has 2 aliphatic rings. The van der Waals surface area contributed by atoms with Gasteiger partial charge in [0.1, 0.15) is 6.10 Å². The number of hydrogen-bond donors (Lipinski definition) is 1. The highest BCUT2D eigenvalue weighted by molar-refractivity contribution is 4.94. The molecule has 5 nitrogen and oxygen atoms in total. The maximum atomic E-state index is 5.61. The summed E-state index contributed by atoms with van der Waals surface area (Å²) in [5.74, 6) is 2.34. The molecule has 2 heterocycles. The van der Waals surface area contributed by atoms with E-state index in [0.717, 1.165) is 37.9 Å². The molecule has 1 aromatic heterocycles. The molecule has 1 aliphatic carbocycles. The lowest BCUT2D eigenvalue weighted by atomic mass is 10.0. The lowest BCUT2D eigenvalue weighted by Crippen LogP contribution is -2.33. The molecule has 1 aliphatic heterocycles. The lowest BCUT2D eigenvalue weighted by Gasteiger charge is -2.20.